The molecule has 0 aliphatic rings. The zero-order valence-corrected chi connectivity index (χ0v) is 26.2. The van der Waals surface area contributed by atoms with Crippen molar-refractivity contribution in [3.8, 4) is 17.0 Å². The first-order chi connectivity index (χ1) is 20.8. The maximum absolute atomic E-state index is 13.5. The molecule has 44 heavy (non-hydrogen) atoms. The highest BCUT2D eigenvalue weighted by molar-refractivity contribution is 5.97. The number of hydrogen-bond donors (Lipinski definition) is 2. The Kier molecular flexibility index (Phi) is 9.94. The number of pyridine rings is 1. The number of carbonyl (C=O) groups is 2. The van der Waals surface area contributed by atoms with Crippen molar-refractivity contribution in [1.82, 2.24) is 10.3 Å². The molecule has 4 rings (SSSR count). The number of carbonyl (C=O) groups excluding carboxylic acids is 2. The number of amides is 1. The largest absolute Gasteiger partial charge is 0.488 e. The van der Waals surface area contributed by atoms with Crippen LogP contribution in [-0.2, 0) is 22.5 Å². The van der Waals surface area contributed by atoms with E-state index in [1.54, 1.807) is 41.5 Å². The quantitative estimate of drug-likeness (QED) is 0.191. The lowest BCUT2D eigenvalue weighted by Gasteiger charge is -2.26. The molecule has 3 aromatic carbocycles. The second kappa shape index (κ2) is 13.6. The number of anilines is 1. The van der Waals surface area contributed by atoms with Crippen LogP contribution in [0.3, 0.4) is 0 Å². The van der Waals surface area contributed by atoms with E-state index in [0.29, 0.717) is 29.2 Å². The molecule has 0 radical (unpaired) electrons. The maximum atomic E-state index is 13.5. The third-order valence-electron chi connectivity index (χ3n) is 6.45. The van der Waals surface area contributed by atoms with Crippen molar-refractivity contribution < 1.29 is 23.8 Å². The van der Waals surface area contributed by atoms with Gasteiger partial charge in [0.1, 0.15) is 34.9 Å². The summed E-state index contributed by atoms with van der Waals surface area (Å²) in [7, 11) is 0. The molecule has 0 saturated carbocycles. The molecular formula is C36H41N3O5. The molecule has 230 valence electrons. The number of rotatable bonds is 9. The summed E-state index contributed by atoms with van der Waals surface area (Å²) in [5.74, 6) is 0.0427. The van der Waals surface area contributed by atoms with Crippen molar-refractivity contribution in [3.63, 3.8) is 0 Å². The van der Waals surface area contributed by atoms with E-state index in [0.717, 1.165) is 11.1 Å². The fourth-order valence-corrected chi connectivity index (χ4v) is 4.63. The first-order valence-corrected chi connectivity index (χ1v) is 14.6. The highest BCUT2D eigenvalue weighted by Gasteiger charge is 2.28. The number of hydrogen-bond acceptors (Lipinski definition) is 7. The third kappa shape index (κ3) is 9.07. The number of nitrogens with zero attached hydrogens (tertiary/aromatic N) is 1. The van der Waals surface area contributed by atoms with Gasteiger partial charge in [0.2, 0.25) is 0 Å². The van der Waals surface area contributed by atoms with Crippen molar-refractivity contribution in [2.75, 3.05) is 5.73 Å². The number of esters is 1. The number of nitrogen functional groups attached to an aromatic ring is 1. The SMILES string of the molecule is CC(C)(C)OC(=O)NC(Cc1cc(-c2ccccc2OCc2ccccc2)nc(N)c1C(=O)OC(C)(C)C)c1ccccc1. The lowest BCUT2D eigenvalue weighted by Crippen LogP contribution is -2.36. The molecule has 1 amide bonds. The van der Waals surface area contributed by atoms with Crippen LogP contribution in [0.5, 0.6) is 5.75 Å². The first kappa shape index (κ1) is 32.1. The minimum Gasteiger partial charge on any atom is -0.488 e. The summed E-state index contributed by atoms with van der Waals surface area (Å²) >= 11 is 0. The topological polar surface area (TPSA) is 113 Å². The van der Waals surface area contributed by atoms with Crippen LogP contribution >= 0.6 is 0 Å². The number of benzene rings is 3. The standard InChI is InChI=1S/C36H41N3O5/c1-35(2,3)43-33(40)31-26(21-28(25-17-11-8-12-18-25)39-34(41)44-36(4,5)6)22-29(38-32(31)37)27-19-13-14-20-30(27)42-23-24-15-9-7-10-16-24/h7-20,22,28H,21,23H2,1-6H3,(H2,37,38)(H,39,41). The van der Waals surface area contributed by atoms with Crippen LogP contribution in [0.2, 0.25) is 0 Å². The van der Waals surface area contributed by atoms with Gasteiger partial charge in [-0.15, -0.1) is 0 Å². The van der Waals surface area contributed by atoms with Crippen molar-refractivity contribution >= 4 is 17.9 Å². The van der Waals surface area contributed by atoms with Gasteiger partial charge in [-0.1, -0.05) is 72.8 Å². The molecule has 8 heteroatoms. The summed E-state index contributed by atoms with van der Waals surface area (Å²) in [6.45, 7) is 11.2. The lowest BCUT2D eigenvalue weighted by atomic mass is 9.94. The number of para-hydroxylation sites is 1. The molecule has 0 spiro atoms. The van der Waals surface area contributed by atoms with Crippen LogP contribution in [0.15, 0.2) is 91.0 Å². The average molecular weight is 596 g/mol. The molecule has 0 aliphatic carbocycles. The second-order valence-electron chi connectivity index (χ2n) is 12.5. The molecule has 0 aliphatic heterocycles. The van der Waals surface area contributed by atoms with Gasteiger partial charge in [-0.25, -0.2) is 14.6 Å². The Morgan fingerprint density at radius 3 is 2.05 bits per heavy atom. The van der Waals surface area contributed by atoms with E-state index in [9.17, 15) is 9.59 Å². The van der Waals surface area contributed by atoms with Gasteiger partial charge >= 0.3 is 12.1 Å². The molecule has 1 atom stereocenters. The summed E-state index contributed by atoms with van der Waals surface area (Å²) in [4.78, 5) is 31.1. The first-order valence-electron chi connectivity index (χ1n) is 14.6. The molecule has 0 fully saturated rings. The van der Waals surface area contributed by atoms with E-state index in [1.807, 2.05) is 91.0 Å². The molecule has 1 aromatic heterocycles. The Labute approximate surface area is 259 Å². The van der Waals surface area contributed by atoms with E-state index in [2.05, 4.69) is 10.3 Å². The minimum absolute atomic E-state index is 0.0219. The van der Waals surface area contributed by atoms with Crippen molar-refractivity contribution in [2.45, 2.75) is 71.8 Å². The summed E-state index contributed by atoms with van der Waals surface area (Å²) in [6, 6.07) is 28.2. The van der Waals surface area contributed by atoms with Crippen LogP contribution in [0.25, 0.3) is 11.3 Å². The molecule has 1 unspecified atom stereocenters. The van der Waals surface area contributed by atoms with Gasteiger partial charge < -0.3 is 25.3 Å². The number of nitrogens with two attached hydrogens (primary N) is 1. The highest BCUT2D eigenvalue weighted by atomic mass is 16.6. The van der Waals surface area contributed by atoms with Crippen LogP contribution < -0.4 is 15.8 Å². The van der Waals surface area contributed by atoms with Crippen molar-refractivity contribution in [2.24, 2.45) is 0 Å². The van der Waals surface area contributed by atoms with Gasteiger partial charge in [-0.3, -0.25) is 0 Å². The van der Waals surface area contributed by atoms with E-state index in [4.69, 9.17) is 19.9 Å². The van der Waals surface area contributed by atoms with Gasteiger partial charge in [0.25, 0.3) is 0 Å². The van der Waals surface area contributed by atoms with Crippen LogP contribution in [0.4, 0.5) is 10.6 Å². The Morgan fingerprint density at radius 2 is 1.41 bits per heavy atom. The fraction of sp³-hybridized carbons (Fsp3) is 0.306. The Hall–Kier alpha value is -4.85. The second-order valence-corrected chi connectivity index (χ2v) is 12.5. The van der Waals surface area contributed by atoms with Gasteiger partial charge in [0.15, 0.2) is 0 Å². The van der Waals surface area contributed by atoms with Gasteiger partial charge in [0, 0.05) is 5.56 Å². The number of aromatic nitrogens is 1. The molecule has 1 heterocycles. The smallest absolute Gasteiger partial charge is 0.408 e. The monoisotopic (exact) mass is 595 g/mol. The molecular weight excluding hydrogens is 554 g/mol. The lowest BCUT2D eigenvalue weighted by molar-refractivity contribution is 0.00691. The molecule has 0 saturated heterocycles. The van der Waals surface area contributed by atoms with Gasteiger partial charge in [0.05, 0.1) is 11.7 Å². The molecule has 4 aromatic rings. The highest BCUT2D eigenvalue weighted by Crippen LogP contribution is 2.34. The van der Waals surface area contributed by atoms with E-state index in [-0.39, 0.29) is 17.8 Å². The van der Waals surface area contributed by atoms with E-state index in [1.165, 1.54) is 0 Å². The fourth-order valence-electron chi connectivity index (χ4n) is 4.63. The van der Waals surface area contributed by atoms with E-state index >= 15 is 0 Å². The van der Waals surface area contributed by atoms with Crippen LogP contribution in [0.1, 0.15) is 74.6 Å². The summed E-state index contributed by atoms with van der Waals surface area (Å²) in [5.41, 5.74) is 8.88. The number of ether oxygens (including phenoxy) is 3. The number of alkyl carbamates (subject to hydrolysis) is 1. The van der Waals surface area contributed by atoms with Gasteiger partial charge in [-0.2, -0.15) is 0 Å². The normalized spacial score (nSPS) is 12.2. The third-order valence-corrected chi connectivity index (χ3v) is 6.45. The zero-order chi connectivity index (χ0) is 31.9. The van der Waals surface area contributed by atoms with Crippen molar-refractivity contribution in [1.29, 1.82) is 0 Å². The predicted octanol–water partition coefficient (Wildman–Crippen LogP) is 7.67. The molecule has 8 nitrogen and oxygen atoms in total. The Morgan fingerprint density at radius 1 is 0.818 bits per heavy atom. The zero-order valence-electron chi connectivity index (χ0n) is 26.2. The maximum Gasteiger partial charge on any atom is 0.408 e. The van der Waals surface area contributed by atoms with Crippen LogP contribution in [0, 0.1) is 0 Å². The average Bonchev–Trinajstić information content (AvgIpc) is 2.94. The van der Waals surface area contributed by atoms with Crippen LogP contribution in [-0.4, -0.2) is 28.2 Å². The van der Waals surface area contributed by atoms with Crippen molar-refractivity contribution in [3.05, 3.63) is 113 Å². The molecule has 0 bridgehead atoms. The number of nitrogens with one attached hydrogen (secondary N) is 1. The Balaban J connectivity index is 1.78. The van der Waals surface area contributed by atoms with Gasteiger partial charge in [-0.05, 0) is 82.9 Å². The van der Waals surface area contributed by atoms with E-state index < -0.39 is 29.3 Å². The summed E-state index contributed by atoms with van der Waals surface area (Å²) < 4.78 is 17.5. The summed E-state index contributed by atoms with van der Waals surface area (Å²) in [5, 5.41) is 2.98. The summed E-state index contributed by atoms with van der Waals surface area (Å²) in [6.07, 6.45) is -0.364. The minimum atomic E-state index is -0.759. The predicted molar refractivity (Wildman–Crippen MR) is 172 cm³/mol. The molecule has 3 N–H and O–H groups in total. The Bertz CT molecular complexity index is 1580.